The summed E-state index contributed by atoms with van der Waals surface area (Å²) >= 11 is 0. The van der Waals surface area contributed by atoms with Crippen LogP contribution in [0.25, 0.3) is 10.9 Å². The normalized spacial score (nSPS) is 13.6. The number of benzene rings is 2. The van der Waals surface area contributed by atoms with E-state index < -0.39 is 5.82 Å². The highest BCUT2D eigenvalue weighted by Gasteiger charge is 2.19. The summed E-state index contributed by atoms with van der Waals surface area (Å²) in [4.78, 5) is 17.2. The maximum atomic E-state index is 13.8. The molecule has 0 unspecified atom stereocenters. The Morgan fingerprint density at radius 1 is 1.10 bits per heavy atom. The molecule has 1 saturated heterocycles. The number of aryl methyl sites for hydroxylation is 1. The van der Waals surface area contributed by atoms with E-state index in [0.29, 0.717) is 24.0 Å². The predicted octanol–water partition coefficient (Wildman–Crippen LogP) is 7.41. The topological polar surface area (TPSA) is 86.9 Å². The number of aromatic nitrogens is 1. The largest absolute Gasteiger partial charge is 0.493 e. The van der Waals surface area contributed by atoms with Crippen LogP contribution in [-0.4, -0.2) is 48.7 Å². The second-order valence-corrected chi connectivity index (χ2v) is 10.5. The number of piperidine rings is 1. The molecular weight excluding hydrogens is 509 g/mol. The molecule has 2 aromatic carbocycles. The number of likely N-dealkylation sites (tertiary alicyclic amines) is 1. The molecule has 8 heteroatoms. The van der Waals surface area contributed by atoms with Gasteiger partial charge < -0.3 is 24.8 Å². The first-order chi connectivity index (χ1) is 19.1. The number of amides is 1. The highest BCUT2D eigenvalue weighted by molar-refractivity contribution is 5.87. The fourth-order valence-electron chi connectivity index (χ4n) is 4.01. The zero-order valence-electron chi connectivity index (χ0n) is 25.1. The van der Waals surface area contributed by atoms with Crippen LogP contribution in [0.4, 0.5) is 10.1 Å². The van der Waals surface area contributed by atoms with Crippen molar-refractivity contribution in [3.63, 3.8) is 0 Å². The van der Waals surface area contributed by atoms with Gasteiger partial charge in [0.2, 0.25) is 6.41 Å². The number of nitrogens with two attached hydrogens (primary N) is 1. The molecule has 1 aromatic heterocycles. The van der Waals surface area contributed by atoms with Crippen molar-refractivity contribution in [3.05, 3.63) is 54.0 Å². The molecule has 0 radical (unpaired) electrons. The third-order valence-electron chi connectivity index (χ3n) is 6.49. The number of hydrogen-bond donors (Lipinski definition) is 1. The molecule has 220 valence electrons. The van der Waals surface area contributed by atoms with E-state index in [4.69, 9.17) is 19.9 Å². The lowest BCUT2D eigenvalue weighted by molar-refractivity contribution is -0.119. The fraction of sp³-hybridized carbons (Fsp3) is 0.500. The van der Waals surface area contributed by atoms with E-state index in [2.05, 4.69) is 18.0 Å². The maximum absolute atomic E-state index is 13.8. The summed E-state index contributed by atoms with van der Waals surface area (Å²) in [7, 11) is 1.71. The zero-order valence-corrected chi connectivity index (χ0v) is 25.1. The molecule has 3 aromatic rings. The lowest BCUT2D eigenvalue weighted by Gasteiger charge is -2.29. The van der Waals surface area contributed by atoms with E-state index >= 15 is 0 Å². The summed E-state index contributed by atoms with van der Waals surface area (Å²) in [6.45, 7) is 14.4. The van der Waals surface area contributed by atoms with Gasteiger partial charge in [-0.3, -0.25) is 9.78 Å². The molecule has 4 rings (SSSR count). The number of ether oxygens (including phenoxy) is 3. The Morgan fingerprint density at radius 2 is 1.77 bits per heavy atom. The second kappa shape index (κ2) is 16.0. The minimum atomic E-state index is -0.512. The Balaban J connectivity index is 0.000000622. The number of nitrogen functional groups attached to an aromatic ring is 1. The zero-order chi connectivity index (χ0) is 29.7. The van der Waals surface area contributed by atoms with Gasteiger partial charge in [-0.25, -0.2) is 4.39 Å². The molecule has 7 nitrogen and oxygen atoms in total. The number of rotatable bonds is 8. The summed E-state index contributed by atoms with van der Waals surface area (Å²) in [6.07, 6.45) is 6.32. The van der Waals surface area contributed by atoms with Crippen LogP contribution < -0.4 is 15.2 Å². The van der Waals surface area contributed by atoms with Crippen molar-refractivity contribution in [2.45, 2.75) is 72.8 Å². The van der Waals surface area contributed by atoms with Gasteiger partial charge in [-0.05, 0) is 75.8 Å². The van der Waals surface area contributed by atoms with Crippen molar-refractivity contribution in [3.8, 4) is 17.2 Å². The number of hydrogen-bond acceptors (Lipinski definition) is 6. The first-order valence-electron chi connectivity index (χ1n) is 14.1. The molecule has 2 N–H and O–H groups in total. The summed E-state index contributed by atoms with van der Waals surface area (Å²) in [6, 6.07) is 10.2. The van der Waals surface area contributed by atoms with E-state index in [-0.39, 0.29) is 11.3 Å². The smallest absolute Gasteiger partial charge is 0.209 e. The third-order valence-corrected chi connectivity index (χ3v) is 6.49. The Hall–Kier alpha value is -3.39. The first-order valence-corrected chi connectivity index (χ1v) is 14.1. The van der Waals surface area contributed by atoms with Crippen molar-refractivity contribution in [2.75, 3.05) is 32.5 Å². The fourth-order valence-corrected chi connectivity index (χ4v) is 4.01. The number of fused-ring (bicyclic) bond motifs is 1. The number of methoxy groups -OCH3 is 1. The molecule has 2 heterocycles. The molecule has 1 aliphatic rings. The number of nitrogens with zero attached hydrogens (tertiary/aromatic N) is 2. The standard InChI is InChI=1S/C25H28FN3O3.C5H12O.C2H6/c1-2-3-18-12-20-23(14-25(18)31-15-17-7-10-29(16-30)11-8-17)28-9-6-24(20)32-19-4-5-22(27)21(26)13-19;1-5(2,3)6-4;1-2/h4-6,9,12-14,16-17H,2-3,7-8,10-11,15,27H2,1H3;1-4H3;1-2H3. The number of pyridine rings is 1. The van der Waals surface area contributed by atoms with Crippen LogP contribution in [0.3, 0.4) is 0 Å². The average molecular weight is 556 g/mol. The van der Waals surface area contributed by atoms with Gasteiger partial charge in [0.1, 0.15) is 23.1 Å². The maximum Gasteiger partial charge on any atom is 0.209 e. The number of carbonyl (C=O) groups is 1. The van der Waals surface area contributed by atoms with Crippen LogP contribution in [0.1, 0.15) is 66.4 Å². The van der Waals surface area contributed by atoms with Crippen molar-refractivity contribution in [1.29, 1.82) is 0 Å². The van der Waals surface area contributed by atoms with Gasteiger partial charge in [0, 0.05) is 43.9 Å². The van der Waals surface area contributed by atoms with Crippen LogP contribution >= 0.6 is 0 Å². The van der Waals surface area contributed by atoms with E-state index in [0.717, 1.165) is 67.4 Å². The molecule has 0 atom stereocenters. The van der Waals surface area contributed by atoms with Crippen molar-refractivity contribution < 1.29 is 23.4 Å². The van der Waals surface area contributed by atoms with Crippen LogP contribution in [0.5, 0.6) is 17.2 Å². The van der Waals surface area contributed by atoms with Crippen molar-refractivity contribution in [2.24, 2.45) is 5.92 Å². The summed E-state index contributed by atoms with van der Waals surface area (Å²) in [5.74, 6) is 1.73. The Bertz CT molecular complexity index is 1200. The van der Waals surface area contributed by atoms with E-state index in [1.54, 1.807) is 25.4 Å². The van der Waals surface area contributed by atoms with Gasteiger partial charge >= 0.3 is 0 Å². The second-order valence-electron chi connectivity index (χ2n) is 10.5. The van der Waals surface area contributed by atoms with E-state index in [9.17, 15) is 9.18 Å². The molecule has 40 heavy (non-hydrogen) atoms. The molecule has 1 aliphatic heterocycles. The molecule has 0 bridgehead atoms. The molecule has 1 amide bonds. The van der Waals surface area contributed by atoms with Crippen LogP contribution in [0.2, 0.25) is 0 Å². The molecule has 0 saturated carbocycles. The summed E-state index contributed by atoms with van der Waals surface area (Å²) in [5.41, 5.74) is 7.54. The lowest BCUT2D eigenvalue weighted by Crippen LogP contribution is -2.34. The highest BCUT2D eigenvalue weighted by atomic mass is 19.1. The molecule has 1 fully saturated rings. The number of halogens is 1. The lowest BCUT2D eigenvalue weighted by atomic mass is 9.98. The highest BCUT2D eigenvalue weighted by Crippen LogP contribution is 2.35. The number of carbonyl (C=O) groups excluding carboxylic acids is 1. The van der Waals surface area contributed by atoms with E-state index in [1.807, 2.05) is 45.6 Å². The van der Waals surface area contributed by atoms with Crippen LogP contribution in [0.15, 0.2) is 42.6 Å². The monoisotopic (exact) mass is 555 g/mol. The van der Waals surface area contributed by atoms with E-state index in [1.165, 1.54) is 12.1 Å². The molecule has 0 spiro atoms. The minimum Gasteiger partial charge on any atom is -0.493 e. The Morgan fingerprint density at radius 3 is 2.35 bits per heavy atom. The SMILES string of the molecule is CC.CCCc1cc2c(Oc3ccc(N)c(F)c3)ccnc2cc1OCC1CCN(C=O)CC1.COC(C)(C)C. The van der Waals surface area contributed by atoms with Gasteiger partial charge in [0.15, 0.2) is 0 Å². The van der Waals surface area contributed by atoms with Gasteiger partial charge in [-0.2, -0.15) is 0 Å². The van der Waals surface area contributed by atoms with Crippen LogP contribution in [0, 0.1) is 11.7 Å². The third kappa shape index (κ3) is 9.97. The summed E-state index contributed by atoms with van der Waals surface area (Å²) < 4.78 is 31.0. The Kier molecular flexibility index (Phi) is 13.1. The van der Waals surface area contributed by atoms with Crippen molar-refractivity contribution >= 4 is 23.0 Å². The summed E-state index contributed by atoms with van der Waals surface area (Å²) in [5, 5.41) is 0.847. The molecular formula is C32H46FN3O4. The van der Waals surface area contributed by atoms with Crippen LogP contribution in [-0.2, 0) is 16.0 Å². The minimum absolute atomic E-state index is 0.0417. The van der Waals surface area contributed by atoms with Gasteiger partial charge in [-0.15, -0.1) is 0 Å². The van der Waals surface area contributed by atoms with Gasteiger partial charge in [-0.1, -0.05) is 27.2 Å². The molecule has 0 aliphatic carbocycles. The van der Waals surface area contributed by atoms with Gasteiger partial charge in [0.25, 0.3) is 0 Å². The van der Waals surface area contributed by atoms with Crippen molar-refractivity contribution in [1.82, 2.24) is 9.88 Å². The van der Waals surface area contributed by atoms with Gasteiger partial charge in [0.05, 0.1) is 23.4 Å². The first kappa shape index (κ1) is 32.8. The quantitative estimate of drug-likeness (QED) is 0.230. The predicted molar refractivity (Wildman–Crippen MR) is 161 cm³/mol. The average Bonchev–Trinajstić information content (AvgIpc) is 2.95. The Labute approximate surface area is 238 Å². The number of anilines is 1.